The van der Waals surface area contributed by atoms with Crippen molar-refractivity contribution in [1.82, 2.24) is 15.5 Å². The van der Waals surface area contributed by atoms with Crippen LogP contribution in [0.15, 0.2) is 48.5 Å². The molecule has 1 heterocycles. The topological polar surface area (TPSA) is 87.7 Å². The molecule has 1 aliphatic heterocycles. The lowest BCUT2D eigenvalue weighted by Gasteiger charge is -2.22. The molecule has 0 spiro atoms. The van der Waals surface area contributed by atoms with Crippen LogP contribution in [-0.4, -0.2) is 48.5 Å². The number of carbonyl (C=O) groups excluding carboxylic acids is 3. The molecule has 0 aromatic heterocycles. The third-order valence-corrected chi connectivity index (χ3v) is 5.06. The highest BCUT2D eigenvalue weighted by molar-refractivity contribution is 6.09. The zero-order chi connectivity index (χ0) is 21.7. The second-order valence-corrected chi connectivity index (χ2v) is 7.33. The Morgan fingerprint density at radius 1 is 1.13 bits per heavy atom. The first kappa shape index (κ1) is 21.3. The van der Waals surface area contributed by atoms with E-state index in [-0.39, 0.29) is 18.8 Å². The van der Waals surface area contributed by atoms with E-state index in [2.05, 4.69) is 10.6 Å². The molecule has 2 aromatic carbocycles. The lowest BCUT2D eigenvalue weighted by Crippen LogP contribution is -2.47. The van der Waals surface area contributed by atoms with Crippen LogP contribution in [0, 0.1) is 5.82 Å². The first-order valence-corrected chi connectivity index (χ1v) is 9.60. The molecule has 7 nitrogen and oxygen atoms in total. The number of carbonyl (C=O) groups is 3. The van der Waals surface area contributed by atoms with E-state index in [1.54, 1.807) is 31.2 Å². The molecular formula is C22H24FN3O4. The maximum Gasteiger partial charge on any atom is 0.325 e. The number of urea groups is 1. The van der Waals surface area contributed by atoms with E-state index >= 15 is 0 Å². The molecular weight excluding hydrogens is 389 g/mol. The summed E-state index contributed by atoms with van der Waals surface area (Å²) in [7, 11) is 1.54. The van der Waals surface area contributed by atoms with Gasteiger partial charge in [0.15, 0.2) is 0 Å². The summed E-state index contributed by atoms with van der Waals surface area (Å²) in [5, 5.41) is 5.30. The number of nitrogens with one attached hydrogen (secondary N) is 2. The molecule has 1 atom stereocenters. The van der Waals surface area contributed by atoms with Crippen LogP contribution in [0.5, 0.6) is 5.75 Å². The Bertz CT molecular complexity index is 965. The van der Waals surface area contributed by atoms with Gasteiger partial charge in [-0.05, 0) is 36.6 Å². The van der Waals surface area contributed by atoms with E-state index in [1.165, 1.54) is 13.2 Å². The van der Waals surface area contributed by atoms with Crippen molar-refractivity contribution in [3.8, 4) is 5.75 Å². The lowest BCUT2D eigenvalue weighted by molar-refractivity contribution is -0.134. The summed E-state index contributed by atoms with van der Waals surface area (Å²) in [5.74, 6) is -0.697. The fourth-order valence-electron chi connectivity index (χ4n) is 3.48. The quantitative estimate of drug-likeness (QED) is 0.649. The van der Waals surface area contributed by atoms with E-state index in [9.17, 15) is 18.8 Å². The number of rotatable bonds is 8. The van der Waals surface area contributed by atoms with Crippen LogP contribution in [0.2, 0.25) is 0 Å². The van der Waals surface area contributed by atoms with Gasteiger partial charge in [-0.3, -0.25) is 14.5 Å². The molecule has 0 unspecified atom stereocenters. The zero-order valence-electron chi connectivity index (χ0n) is 16.9. The van der Waals surface area contributed by atoms with Gasteiger partial charge in [0.1, 0.15) is 23.7 Å². The van der Waals surface area contributed by atoms with Crippen LogP contribution >= 0.6 is 0 Å². The van der Waals surface area contributed by atoms with Crippen LogP contribution in [0.1, 0.15) is 18.1 Å². The van der Waals surface area contributed by atoms with E-state index in [0.717, 1.165) is 10.5 Å². The van der Waals surface area contributed by atoms with Gasteiger partial charge in [0.05, 0.1) is 7.11 Å². The maximum absolute atomic E-state index is 13.6. The molecule has 30 heavy (non-hydrogen) atoms. The van der Waals surface area contributed by atoms with Crippen LogP contribution in [-0.2, 0) is 22.4 Å². The van der Waals surface area contributed by atoms with Gasteiger partial charge < -0.3 is 15.4 Å². The van der Waals surface area contributed by atoms with Crippen LogP contribution in [0.25, 0.3) is 0 Å². The zero-order valence-corrected chi connectivity index (χ0v) is 16.9. The van der Waals surface area contributed by atoms with Crippen molar-refractivity contribution < 1.29 is 23.5 Å². The number of benzene rings is 2. The number of amides is 4. The molecule has 4 amide bonds. The minimum Gasteiger partial charge on any atom is -0.496 e. The molecule has 1 aliphatic rings. The highest BCUT2D eigenvalue weighted by Gasteiger charge is 2.48. The number of ether oxygens (including phenoxy) is 1. The molecule has 0 radical (unpaired) electrons. The Morgan fingerprint density at radius 2 is 1.80 bits per heavy atom. The van der Waals surface area contributed by atoms with Gasteiger partial charge >= 0.3 is 6.03 Å². The second kappa shape index (κ2) is 8.94. The van der Waals surface area contributed by atoms with Gasteiger partial charge in [0, 0.05) is 13.0 Å². The Labute approximate surface area is 174 Å². The monoisotopic (exact) mass is 413 g/mol. The number of nitrogens with zero attached hydrogens (tertiary/aromatic N) is 1. The molecule has 8 heteroatoms. The number of methoxy groups -OCH3 is 1. The number of hydrogen-bond donors (Lipinski definition) is 2. The minimum absolute atomic E-state index is 0.196. The predicted octanol–water partition coefficient (Wildman–Crippen LogP) is 2.05. The number of hydrogen-bond acceptors (Lipinski definition) is 4. The average molecular weight is 413 g/mol. The SMILES string of the molecule is COc1ccccc1C[C@@]1(C)NC(=O)N(CC(=O)NCCc2ccccc2F)C1=O. The van der Waals surface area contributed by atoms with Gasteiger partial charge in [0.2, 0.25) is 5.91 Å². The van der Waals surface area contributed by atoms with Crippen LogP contribution < -0.4 is 15.4 Å². The third-order valence-electron chi connectivity index (χ3n) is 5.06. The summed E-state index contributed by atoms with van der Waals surface area (Å²) in [6.07, 6.45) is 0.539. The van der Waals surface area contributed by atoms with E-state index < -0.39 is 29.9 Å². The highest BCUT2D eigenvalue weighted by atomic mass is 19.1. The Kier molecular flexibility index (Phi) is 6.34. The van der Waals surface area contributed by atoms with Crippen molar-refractivity contribution in [2.45, 2.75) is 25.3 Å². The molecule has 0 bridgehead atoms. The predicted molar refractivity (Wildman–Crippen MR) is 108 cm³/mol. The minimum atomic E-state index is -1.18. The third kappa shape index (κ3) is 4.59. The summed E-state index contributed by atoms with van der Waals surface area (Å²) in [6.45, 7) is 1.42. The summed E-state index contributed by atoms with van der Waals surface area (Å²) in [5.41, 5.74) is 0.0728. The standard InChI is InChI=1S/C22H24FN3O4/c1-22(13-16-8-4-6-10-18(16)30-2)20(28)26(21(29)25-22)14-19(27)24-12-11-15-7-3-5-9-17(15)23/h3-10H,11-14H2,1-2H3,(H,24,27)(H,25,29)/t22-/m1/s1. The summed E-state index contributed by atoms with van der Waals surface area (Å²) in [4.78, 5) is 38.4. The second-order valence-electron chi connectivity index (χ2n) is 7.33. The van der Waals surface area contributed by atoms with Crippen molar-refractivity contribution in [3.05, 3.63) is 65.5 Å². The first-order chi connectivity index (χ1) is 14.3. The van der Waals surface area contributed by atoms with Crippen molar-refractivity contribution in [2.75, 3.05) is 20.2 Å². The number of halogens is 1. The number of imide groups is 1. The van der Waals surface area contributed by atoms with Crippen molar-refractivity contribution >= 4 is 17.8 Å². The van der Waals surface area contributed by atoms with E-state index in [1.807, 2.05) is 18.2 Å². The summed E-state index contributed by atoms with van der Waals surface area (Å²) < 4.78 is 18.9. The molecule has 2 aromatic rings. The molecule has 3 rings (SSSR count). The summed E-state index contributed by atoms with van der Waals surface area (Å²) >= 11 is 0. The Balaban J connectivity index is 1.59. The molecule has 1 fully saturated rings. The lowest BCUT2D eigenvalue weighted by atomic mass is 9.92. The average Bonchev–Trinajstić information content (AvgIpc) is 2.92. The fourth-order valence-corrected chi connectivity index (χ4v) is 3.48. The Morgan fingerprint density at radius 3 is 2.50 bits per heavy atom. The smallest absolute Gasteiger partial charge is 0.325 e. The van der Waals surface area contributed by atoms with E-state index in [0.29, 0.717) is 17.7 Å². The van der Waals surface area contributed by atoms with Gasteiger partial charge in [-0.15, -0.1) is 0 Å². The molecule has 0 saturated carbocycles. The molecule has 2 N–H and O–H groups in total. The van der Waals surface area contributed by atoms with Crippen LogP contribution in [0.3, 0.4) is 0 Å². The largest absolute Gasteiger partial charge is 0.496 e. The van der Waals surface area contributed by atoms with Crippen molar-refractivity contribution in [2.24, 2.45) is 0 Å². The fraction of sp³-hybridized carbons (Fsp3) is 0.318. The van der Waals surface area contributed by atoms with E-state index in [4.69, 9.17) is 4.74 Å². The number of para-hydroxylation sites is 1. The molecule has 0 aliphatic carbocycles. The Hall–Kier alpha value is -3.42. The van der Waals surface area contributed by atoms with Gasteiger partial charge in [-0.1, -0.05) is 36.4 Å². The summed E-state index contributed by atoms with van der Waals surface area (Å²) in [6, 6.07) is 12.9. The van der Waals surface area contributed by atoms with Gasteiger partial charge in [-0.2, -0.15) is 0 Å². The normalized spacial score (nSPS) is 18.3. The van der Waals surface area contributed by atoms with Gasteiger partial charge in [-0.25, -0.2) is 9.18 Å². The molecule has 158 valence electrons. The van der Waals surface area contributed by atoms with Crippen LogP contribution in [0.4, 0.5) is 9.18 Å². The van der Waals surface area contributed by atoms with Crippen molar-refractivity contribution in [3.63, 3.8) is 0 Å². The molecule has 1 saturated heterocycles. The highest BCUT2D eigenvalue weighted by Crippen LogP contribution is 2.27. The van der Waals surface area contributed by atoms with Gasteiger partial charge in [0.25, 0.3) is 5.91 Å². The first-order valence-electron chi connectivity index (χ1n) is 9.60. The van der Waals surface area contributed by atoms with Crippen molar-refractivity contribution in [1.29, 1.82) is 0 Å². The maximum atomic E-state index is 13.6.